The lowest BCUT2D eigenvalue weighted by atomic mass is 10.0. The molecule has 3 nitrogen and oxygen atoms in total. The third-order valence-electron chi connectivity index (χ3n) is 2.87. The van der Waals surface area contributed by atoms with Gasteiger partial charge in [0.15, 0.2) is 0 Å². The lowest BCUT2D eigenvalue weighted by Gasteiger charge is -2.24. The highest BCUT2D eigenvalue weighted by Crippen LogP contribution is 2.20. The summed E-state index contributed by atoms with van der Waals surface area (Å²) >= 11 is 3.13. The number of nitrogens with zero attached hydrogens (tertiary/aromatic N) is 1. The molecule has 0 aromatic heterocycles. The fraction of sp³-hybridized carbons (Fsp3) is 0.533. The van der Waals surface area contributed by atoms with Gasteiger partial charge < -0.3 is 10.2 Å². The van der Waals surface area contributed by atoms with E-state index in [1.54, 1.807) is 12.1 Å². The Balaban J connectivity index is 2.81. The second-order valence-corrected chi connectivity index (χ2v) is 6.46. The van der Waals surface area contributed by atoms with Crippen molar-refractivity contribution in [2.75, 3.05) is 20.6 Å². The van der Waals surface area contributed by atoms with E-state index in [0.717, 1.165) is 13.0 Å². The van der Waals surface area contributed by atoms with E-state index in [1.807, 2.05) is 19.0 Å². The van der Waals surface area contributed by atoms with Gasteiger partial charge in [-0.15, -0.1) is 0 Å². The van der Waals surface area contributed by atoms with Crippen molar-refractivity contribution in [3.8, 4) is 0 Å². The van der Waals surface area contributed by atoms with E-state index in [4.69, 9.17) is 0 Å². The van der Waals surface area contributed by atoms with E-state index in [0.29, 0.717) is 11.5 Å². The summed E-state index contributed by atoms with van der Waals surface area (Å²) in [5.74, 6) is -0.189. The normalized spacial score (nSPS) is 12.8. The molecule has 0 aliphatic rings. The van der Waals surface area contributed by atoms with E-state index in [2.05, 4.69) is 35.1 Å². The Hall–Kier alpha value is -0.940. The maximum Gasteiger partial charge on any atom is 0.252 e. The molecule has 0 heterocycles. The van der Waals surface area contributed by atoms with Crippen molar-refractivity contribution in [1.29, 1.82) is 0 Å². The second-order valence-electron chi connectivity index (χ2n) is 5.66. The highest BCUT2D eigenvalue weighted by Gasteiger charge is 2.18. The molecule has 112 valence electrons. The molecule has 0 aliphatic heterocycles. The number of hydrogen-bond acceptors (Lipinski definition) is 2. The van der Waals surface area contributed by atoms with Gasteiger partial charge >= 0.3 is 0 Å². The van der Waals surface area contributed by atoms with Gasteiger partial charge in [-0.3, -0.25) is 4.79 Å². The molecule has 1 atom stereocenters. The number of halogens is 2. The molecule has 1 aromatic carbocycles. The largest absolute Gasteiger partial charge is 0.348 e. The predicted molar refractivity (Wildman–Crippen MR) is 83.4 cm³/mol. The van der Waals surface area contributed by atoms with Gasteiger partial charge in [0.2, 0.25) is 0 Å². The highest BCUT2D eigenvalue weighted by molar-refractivity contribution is 9.10. The second kappa shape index (κ2) is 7.74. The fourth-order valence-electron chi connectivity index (χ4n) is 2.13. The molecule has 0 saturated carbocycles. The molecule has 1 unspecified atom stereocenters. The topological polar surface area (TPSA) is 32.3 Å². The van der Waals surface area contributed by atoms with Crippen molar-refractivity contribution in [3.63, 3.8) is 0 Å². The van der Waals surface area contributed by atoms with Gasteiger partial charge in [-0.25, -0.2) is 4.39 Å². The molecule has 20 heavy (non-hydrogen) atoms. The van der Waals surface area contributed by atoms with E-state index in [9.17, 15) is 9.18 Å². The molecule has 0 fully saturated rings. The van der Waals surface area contributed by atoms with Crippen LogP contribution in [0.3, 0.4) is 0 Å². The molecule has 0 bridgehead atoms. The third kappa shape index (κ3) is 5.21. The Morgan fingerprint density at radius 2 is 2.05 bits per heavy atom. The summed E-state index contributed by atoms with van der Waals surface area (Å²) in [6, 6.07) is 4.53. The molecule has 0 radical (unpaired) electrons. The Bertz CT molecular complexity index is 453. The minimum absolute atomic E-state index is 0.0488. The van der Waals surface area contributed by atoms with Crippen molar-refractivity contribution < 1.29 is 9.18 Å². The summed E-state index contributed by atoms with van der Waals surface area (Å²) in [6.45, 7) is 5.00. The van der Waals surface area contributed by atoms with Gasteiger partial charge in [0, 0.05) is 12.6 Å². The van der Waals surface area contributed by atoms with Crippen molar-refractivity contribution in [3.05, 3.63) is 34.1 Å². The Morgan fingerprint density at radius 3 is 2.60 bits per heavy atom. The third-order valence-corrected chi connectivity index (χ3v) is 3.68. The number of benzene rings is 1. The van der Waals surface area contributed by atoms with Crippen LogP contribution >= 0.6 is 15.9 Å². The smallest absolute Gasteiger partial charge is 0.252 e. The molecule has 1 N–H and O–H groups in total. The first-order valence-electron chi connectivity index (χ1n) is 6.70. The molecule has 0 saturated heterocycles. The molecular formula is C15H22BrFN2O. The van der Waals surface area contributed by atoms with Crippen LogP contribution < -0.4 is 5.32 Å². The Morgan fingerprint density at radius 1 is 1.40 bits per heavy atom. The first kappa shape index (κ1) is 17.1. The van der Waals surface area contributed by atoms with Crippen molar-refractivity contribution >= 4 is 21.8 Å². The summed E-state index contributed by atoms with van der Waals surface area (Å²) in [7, 11) is 3.94. The summed E-state index contributed by atoms with van der Waals surface area (Å²) in [5, 5.41) is 2.99. The first-order chi connectivity index (χ1) is 9.31. The number of rotatable bonds is 6. The summed E-state index contributed by atoms with van der Waals surface area (Å²) < 4.78 is 13.7. The van der Waals surface area contributed by atoms with Crippen LogP contribution in [0, 0.1) is 11.7 Å². The number of carbonyl (C=O) groups is 1. The van der Waals surface area contributed by atoms with Crippen LogP contribution in [0.2, 0.25) is 0 Å². The number of hydrogen-bond donors (Lipinski definition) is 1. The van der Waals surface area contributed by atoms with Crippen molar-refractivity contribution in [1.82, 2.24) is 10.2 Å². The SMILES string of the molecule is CC(C)CC(CN(C)C)NC(=O)c1cccc(F)c1Br. The Labute approximate surface area is 128 Å². The van der Waals surface area contributed by atoms with E-state index >= 15 is 0 Å². The van der Waals surface area contributed by atoms with E-state index < -0.39 is 5.82 Å². The minimum Gasteiger partial charge on any atom is -0.348 e. The van der Waals surface area contributed by atoms with E-state index in [-0.39, 0.29) is 16.4 Å². The quantitative estimate of drug-likeness (QED) is 0.858. The monoisotopic (exact) mass is 344 g/mol. The van der Waals surface area contributed by atoms with Crippen LogP contribution in [-0.2, 0) is 0 Å². The van der Waals surface area contributed by atoms with Crippen molar-refractivity contribution in [2.45, 2.75) is 26.3 Å². The zero-order valence-electron chi connectivity index (χ0n) is 12.4. The van der Waals surface area contributed by atoms with Crippen LogP contribution in [0.15, 0.2) is 22.7 Å². The van der Waals surface area contributed by atoms with Gasteiger partial charge in [-0.05, 0) is 54.5 Å². The molecule has 1 aromatic rings. The summed E-state index contributed by atoms with van der Waals surface area (Å²) in [6.07, 6.45) is 0.886. The minimum atomic E-state index is -0.425. The molecule has 5 heteroatoms. The van der Waals surface area contributed by atoms with E-state index in [1.165, 1.54) is 6.07 Å². The lowest BCUT2D eigenvalue weighted by Crippen LogP contribution is -2.42. The van der Waals surface area contributed by atoms with Crippen LogP contribution in [0.25, 0.3) is 0 Å². The van der Waals surface area contributed by atoms with Crippen LogP contribution in [0.1, 0.15) is 30.6 Å². The summed E-state index contributed by atoms with van der Waals surface area (Å²) in [5.41, 5.74) is 0.331. The molecule has 0 spiro atoms. The van der Waals surface area contributed by atoms with Gasteiger partial charge in [0.05, 0.1) is 10.0 Å². The fourth-order valence-corrected chi connectivity index (χ4v) is 2.58. The van der Waals surface area contributed by atoms with Gasteiger partial charge in [-0.2, -0.15) is 0 Å². The van der Waals surface area contributed by atoms with Gasteiger partial charge in [-0.1, -0.05) is 19.9 Å². The summed E-state index contributed by atoms with van der Waals surface area (Å²) in [4.78, 5) is 14.3. The van der Waals surface area contributed by atoms with Crippen molar-refractivity contribution in [2.24, 2.45) is 5.92 Å². The lowest BCUT2D eigenvalue weighted by molar-refractivity contribution is 0.0923. The average molecular weight is 345 g/mol. The number of carbonyl (C=O) groups excluding carboxylic acids is 1. The predicted octanol–water partition coefficient (Wildman–Crippen LogP) is 3.29. The first-order valence-corrected chi connectivity index (χ1v) is 7.50. The molecule has 1 amide bonds. The van der Waals surface area contributed by atoms with Gasteiger partial charge in [0.25, 0.3) is 5.91 Å². The standard InChI is InChI=1S/C15H22BrFN2O/c1-10(2)8-11(9-19(3)4)18-15(20)12-6-5-7-13(17)14(12)16/h5-7,10-11H,8-9H2,1-4H3,(H,18,20). The highest BCUT2D eigenvalue weighted by atomic mass is 79.9. The Kier molecular flexibility index (Phi) is 6.62. The zero-order chi connectivity index (χ0) is 15.3. The van der Waals surface area contributed by atoms with Crippen LogP contribution in [-0.4, -0.2) is 37.5 Å². The maximum absolute atomic E-state index is 13.5. The van der Waals surface area contributed by atoms with Gasteiger partial charge in [0.1, 0.15) is 5.82 Å². The molecule has 0 aliphatic carbocycles. The van der Waals surface area contributed by atoms with Crippen LogP contribution in [0.5, 0.6) is 0 Å². The average Bonchev–Trinajstić information content (AvgIpc) is 2.30. The molecule has 1 rings (SSSR count). The molecular weight excluding hydrogens is 323 g/mol. The number of amides is 1. The van der Waals surface area contributed by atoms with Crippen LogP contribution in [0.4, 0.5) is 4.39 Å². The zero-order valence-corrected chi connectivity index (χ0v) is 14.0. The number of nitrogens with one attached hydrogen (secondary N) is 1. The number of likely N-dealkylation sites (N-methyl/N-ethyl adjacent to an activating group) is 1. The maximum atomic E-state index is 13.5.